The second-order valence-corrected chi connectivity index (χ2v) is 3.85. The van der Waals surface area contributed by atoms with E-state index in [2.05, 4.69) is 5.10 Å². The predicted molar refractivity (Wildman–Crippen MR) is 66.0 cm³/mol. The van der Waals surface area contributed by atoms with Gasteiger partial charge < -0.3 is 4.90 Å². The third-order valence-corrected chi connectivity index (χ3v) is 2.86. The molecular weight excluding hydrogens is 206 g/mol. The normalized spacial score (nSPS) is 16.7. The van der Waals surface area contributed by atoms with Crippen LogP contribution in [-0.2, 0) is 0 Å². The second-order valence-electron chi connectivity index (χ2n) is 3.48. The van der Waals surface area contributed by atoms with Crippen LogP contribution in [0.3, 0.4) is 0 Å². The van der Waals surface area contributed by atoms with Crippen LogP contribution in [0.4, 0.5) is 0 Å². The van der Waals surface area contributed by atoms with Crippen molar-refractivity contribution in [1.29, 1.82) is 0 Å². The van der Waals surface area contributed by atoms with Crippen LogP contribution in [0, 0.1) is 0 Å². The Hall–Kier alpha value is -1.42. The summed E-state index contributed by atoms with van der Waals surface area (Å²) in [6, 6.07) is 10.0. The van der Waals surface area contributed by atoms with Crippen molar-refractivity contribution < 1.29 is 0 Å². The topological polar surface area (TPSA) is 18.8 Å². The molecule has 0 N–H and O–H groups in total. The quantitative estimate of drug-likeness (QED) is 0.555. The van der Waals surface area contributed by atoms with Crippen LogP contribution >= 0.6 is 12.2 Å². The highest BCUT2D eigenvalue weighted by Crippen LogP contribution is 2.06. The average molecular weight is 219 g/mol. The molecule has 1 aromatic rings. The van der Waals surface area contributed by atoms with E-state index in [1.165, 1.54) is 0 Å². The van der Waals surface area contributed by atoms with Gasteiger partial charge in [-0.15, -0.1) is 0 Å². The summed E-state index contributed by atoms with van der Waals surface area (Å²) in [7, 11) is 1.99. The van der Waals surface area contributed by atoms with Crippen LogP contribution in [0.1, 0.15) is 5.56 Å². The highest BCUT2D eigenvalue weighted by molar-refractivity contribution is 7.80. The van der Waals surface area contributed by atoms with Gasteiger partial charge in [-0.25, -0.2) is 5.01 Å². The van der Waals surface area contributed by atoms with Crippen molar-refractivity contribution in [3.05, 3.63) is 35.9 Å². The number of rotatable bonds is 2. The molecule has 1 saturated heterocycles. The molecule has 0 aromatic heterocycles. The van der Waals surface area contributed by atoms with Crippen LogP contribution in [0.5, 0.6) is 0 Å². The zero-order valence-electron chi connectivity index (χ0n) is 8.63. The molecule has 0 unspecified atom stereocenters. The van der Waals surface area contributed by atoms with E-state index in [0.717, 1.165) is 23.8 Å². The first-order valence-corrected chi connectivity index (χ1v) is 5.30. The molecule has 3 nitrogen and oxygen atoms in total. The van der Waals surface area contributed by atoms with Gasteiger partial charge in [0.1, 0.15) is 0 Å². The SMILES string of the molecule is CN1CCN(N=Cc2ccccc2)C1=S. The Morgan fingerprint density at radius 3 is 2.60 bits per heavy atom. The second kappa shape index (κ2) is 4.40. The van der Waals surface area contributed by atoms with Gasteiger partial charge in [-0.3, -0.25) is 0 Å². The molecule has 0 radical (unpaired) electrons. The van der Waals surface area contributed by atoms with Crippen LogP contribution < -0.4 is 0 Å². The summed E-state index contributed by atoms with van der Waals surface area (Å²) in [5, 5.41) is 6.99. The van der Waals surface area contributed by atoms with Crippen molar-refractivity contribution in [3.63, 3.8) is 0 Å². The third-order valence-electron chi connectivity index (χ3n) is 2.34. The molecule has 78 valence electrons. The highest BCUT2D eigenvalue weighted by atomic mass is 32.1. The lowest BCUT2D eigenvalue weighted by Crippen LogP contribution is -2.25. The van der Waals surface area contributed by atoms with Gasteiger partial charge in [0.05, 0.1) is 12.8 Å². The van der Waals surface area contributed by atoms with Gasteiger partial charge in [-0.2, -0.15) is 5.10 Å². The molecule has 2 rings (SSSR count). The molecule has 0 bridgehead atoms. The van der Waals surface area contributed by atoms with Gasteiger partial charge in [0.2, 0.25) is 0 Å². The summed E-state index contributed by atoms with van der Waals surface area (Å²) >= 11 is 5.22. The van der Waals surface area contributed by atoms with E-state index in [9.17, 15) is 0 Å². The first-order chi connectivity index (χ1) is 7.27. The molecule has 0 spiro atoms. The number of hydrogen-bond acceptors (Lipinski definition) is 2. The van der Waals surface area contributed by atoms with E-state index in [0.29, 0.717) is 0 Å². The third kappa shape index (κ3) is 2.33. The summed E-state index contributed by atoms with van der Waals surface area (Å²) in [5.41, 5.74) is 1.09. The molecule has 4 heteroatoms. The number of hydrazone groups is 1. The minimum atomic E-state index is 0.794. The smallest absolute Gasteiger partial charge is 0.192 e. The lowest BCUT2D eigenvalue weighted by molar-refractivity contribution is 0.503. The van der Waals surface area contributed by atoms with Crippen molar-refractivity contribution >= 4 is 23.5 Å². The maximum absolute atomic E-state index is 5.22. The number of hydrogen-bond donors (Lipinski definition) is 0. The molecule has 1 aliphatic rings. The van der Waals surface area contributed by atoms with Gasteiger partial charge in [0.25, 0.3) is 0 Å². The molecule has 15 heavy (non-hydrogen) atoms. The van der Waals surface area contributed by atoms with E-state index in [1.807, 2.05) is 53.5 Å². The molecule has 1 heterocycles. The first kappa shape index (κ1) is 10.1. The molecule has 0 saturated carbocycles. The van der Waals surface area contributed by atoms with E-state index >= 15 is 0 Å². The number of nitrogens with zero attached hydrogens (tertiary/aromatic N) is 3. The highest BCUT2D eigenvalue weighted by Gasteiger charge is 2.20. The van der Waals surface area contributed by atoms with Gasteiger partial charge in [0, 0.05) is 13.6 Å². The molecule has 0 atom stereocenters. The fourth-order valence-corrected chi connectivity index (χ4v) is 1.65. The Kier molecular flexibility index (Phi) is 2.97. The van der Waals surface area contributed by atoms with Gasteiger partial charge in [0.15, 0.2) is 5.11 Å². The molecule has 1 aromatic carbocycles. The Morgan fingerprint density at radius 2 is 2.00 bits per heavy atom. The Morgan fingerprint density at radius 1 is 1.27 bits per heavy atom. The molecule has 0 amide bonds. The van der Waals surface area contributed by atoms with Crippen molar-refractivity contribution in [3.8, 4) is 0 Å². The molecule has 1 fully saturated rings. The summed E-state index contributed by atoms with van der Waals surface area (Å²) in [6.45, 7) is 1.82. The minimum absolute atomic E-state index is 0.794. The lowest BCUT2D eigenvalue weighted by atomic mass is 10.2. The van der Waals surface area contributed by atoms with Crippen molar-refractivity contribution in [1.82, 2.24) is 9.91 Å². The summed E-state index contributed by atoms with van der Waals surface area (Å²) in [6.07, 6.45) is 1.84. The largest absolute Gasteiger partial charge is 0.349 e. The van der Waals surface area contributed by atoms with Gasteiger partial charge >= 0.3 is 0 Å². The Balaban J connectivity index is 2.04. The van der Waals surface area contributed by atoms with Crippen molar-refractivity contribution in [2.75, 3.05) is 20.1 Å². The summed E-state index contributed by atoms with van der Waals surface area (Å²) in [4.78, 5) is 2.03. The monoisotopic (exact) mass is 219 g/mol. The van der Waals surface area contributed by atoms with Crippen LogP contribution in [-0.4, -0.2) is 41.4 Å². The van der Waals surface area contributed by atoms with E-state index in [1.54, 1.807) is 0 Å². The predicted octanol–water partition coefficient (Wildman–Crippen LogP) is 1.55. The van der Waals surface area contributed by atoms with E-state index < -0.39 is 0 Å². The van der Waals surface area contributed by atoms with Crippen LogP contribution in [0.2, 0.25) is 0 Å². The average Bonchev–Trinajstić information content (AvgIpc) is 2.59. The van der Waals surface area contributed by atoms with Crippen LogP contribution in [0.25, 0.3) is 0 Å². The maximum Gasteiger partial charge on any atom is 0.192 e. The summed E-state index contributed by atoms with van der Waals surface area (Å²) < 4.78 is 0. The number of benzene rings is 1. The maximum atomic E-state index is 5.22. The fraction of sp³-hybridized carbons (Fsp3) is 0.273. The standard InChI is InChI=1S/C11H13N3S/c1-13-7-8-14(11(13)15)12-9-10-5-3-2-4-6-10/h2-6,9H,7-8H2,1H3. The zero-order valence-corrected chi connectivity index (χ0v) is 9.44. The van der Waals surface area contributed by atoms with Gasteiger partial charge in [-0.1, -0.05) is 30.3 Å². The zero-order chi connectivity index (χ0) is 10.7. The number of thiocarbonyl (C=S) groups is 1. The molecule has 1 aliphatic heterocycles. The van der Waals surface area contributed by atoms with Crippen LogP contribution in [0.15, 0.2) is 35.4 Å². The lowest BCUT2D eigenvalue weighted by Gasteiger charge is -2.12. The minimum Gasteiger partial charge on any atom is -0.349 e. The Bertz CT molecular complexity index is 375. The van der Waals surface area contributed by atoms with E-state index in [4.69, 9.17) is 12.2 Å². The molecule has 0 aliphatic carbocycles. The first-order valence-electron chi connectivity index (χ1n) is 4.89. The fourth-order valence-electron chi connectivity index (χ4n) is 1.42. The van der Waals surface area contributed by atoms with E-state index in [-0.39, 0.29) is 0 Å². The number of likely N-dealkylation sites (N-methyl/N-ethyl adjacent to an activating group) is 1. The van der Waals surface area contributed by atoms with Crippen molar-refractivity contribution in [2.24, 2.45) is 5.10 Å². The summed E-state index contributed by atoms with van der Waals surface area (Å²) in [5.74, 6) is 0. The Labute approximate surface area is 95.0 Å². The van der Waals surface area contributed by atoms with Crippen molar-refractivity contribution in [2.45, 2.75) is 0 Å². The van der Waals surface area contributed by atoms with Gasteiger partial charge in [-0.05, 0) is 17.8 Å². The molecular formula is C11H13N3S.